The Kier molecular flexibility index (Phi) is 4.66. The Balaban J connectivity index is 1.89. The number of urea groups is 1. The molecule has 4 heteroatoms. The largest absolute Gasteiger partial charge is 0.368 e. The van der Waals surface area contributed by atoms with Gasteiger partial charge in [0.05, 0.1) is 0 Å². The molecule has 0 unspecified atom stereocenters. The van der Waals surface area contributed by atoms with Crippen LogP contribution in [0, 0.1) is 6.92 Å². The first-order valence-electron chi connectivity index (χ1n) is 7.05. The molecule has 1 aromatic carbocycles. The Bertz CT molecular complexity index is 425. The maximum Gasteiger partial charge on any atom is 0.317 e. The summed E-state index contributed by atoms with van der Waals surface area (Å²) in [5.41, 5.74) is 2.59. The SMILES string of the molecule is CCCNC(=O)N1CCN(c2ccccc2C)CC1. The third-order valence-corrected chi connectivity index (χ3v) is 3.55. The van der Waals surface area contributed by atoms with Crippen molar-refractivity contribution in [3.8, 4) is 0 Å². The number of anilines is 1. The zero-order chi connectivity index (χ0) is 13.7. The van der Waals surface area contributed by atoms with Gasteiger partial charge in [-0.2, -0.15) is 0 Å². The number of carbonyl (C=O) groups excluding carboxylic acids is 1. The molecule has 2 rings (SSSR count). The molecule has 104 valence electrons. The lowest BCUT2D eigenvalue weighted by Crippen LogP contribution is -2.52. The lowest BCUT2D eigenvalue weighted by atomic mass is 10.1. The highest BCUT2D eigenvalue weighted by Crippen LogP contribution is 2.20. The molecule has 0 spiro atoms. The van der Waals surface area contributed by atoms with Gasteiger partial charge in [0.15, 0.2) is 0 Å². The Morgan fingerprint density at radius 2 is 1.89 bits per heavy atom. The first kappa shape index (κ1) is 13.7. The highest BCUT2D eigenvalue weighted by molar-refractivity contribution is 5.74. The Morgan fingerprint density at radius 3 is 2.53 bits per heavy atom. The summed E-state index contributed by atoms with van der Waals surface area (Å²) in [6.07, 6.45) is 0.981. The summed E-state index contributed by atoms with van der Waals surface area (Å²) in [5, 5.41) is 2.94. The summed E-state index contributed by atoms with van der Waals surface area (Å²) in [7, 11) is 0. The highest BCUT2D eigenvalue weighted by Gasteiger charge is 2.21. The van der Waals surface area contributed by atoms with Gasteiger partial charge in [0, 0.05) is 38.4 Å². The van der Waals surface area contributed by atoms with E-state index in [2.05, 4.69) is 48.3 Å². The number of piperazine rings is 1. The molecule has 0 aromatic heterocycles. The average molecular weight is 261 g/mol. The van der Waals surface area contributed by atoms with Crippen molar-refractivity contribution < 1.29 is 4.79 Å². The van der Waals surface area contributed by atoms with Gasteiger partial charge in [-0.3, -0.25) is 0 Å². The second-order valence-corrected chi connectivity index (χ2v) is 4.99. The van der Waals surface area contributed by atoms with Crippen LogP contribution in [0.2, 0.25) is 0 Å². The van der Waals surface area contributed by atoms with Crippen LogP contribution in [0.5, 0.6) is 0 Å². The van der Waals surface area contributed by atoms with Gasteiger partial charge in [-0.05, 0) is 25.0 Å². The molecule has 0 saturated carbocycles. The van der Waals surface area contributed by atoms with Gasteiger partial charge in [0.25, 0.3) is 0 Å². The van der Waals surface area contributed by atoms with E-state index in [9.17, 15) is 4.79 Å². The summed E-state index contributed by atoms with van der Waals surface area (Å²) in [4.78, 5) is 16.1. The van der Waals surface area contributed by atoms with Gasteiger partial charge < -0.3 is 15.1 Å². The predicted molar refractivity (Wildman–Crippen MR) is 78.7 cm³/mol. The molecular weight excluding hydrogens is 238 g/mol. The fourth-order valence-corrected chi connectivity index (χ4v) is 2.41. The van der Waals surface area contributed by atoms with Crippen LogP contribution >= 0.6 is 0 Å². The average Bonchev–Trinajstić information content (AvgIpc) is 2.45. The number of amides is 2. The van der Waals surface area contributed by atoms with Crippen molar-refractivity contribution in [3.05, 3.63) is 29.8 Å². The summed E-state index contributed by atoms with van der Waals surface area (Å²) in [6.45, 7) is 8.37. The fraction of sp³-hybridized carbons (Fsp3) is 0.533. The minimum Gasteiger partial charge on any atom is -0.368 e. The van der Waals surface area contributed by atoms with Crippen molar-refractivity contribution in [2.45, 2.75) is 20.3 Å². The molecule has 0 bridgehead atoms. The van der Waals surface area contributed by atoms with Crippen LogP contribution in [0.25, 0.3) is 0 Å². The molecule has 1 N–H and O–H groups in total. The van der Waals surface area contributed by atoms with Crippen molar-refractivity contribution >= 4 is 11.7 Å². The molecule has 0 atom stereocenters. The lowest BCUT2D eigenvalue weighted by molar-refractivity contribution is 0.194. The molecule has 1 saturated heterocycles. The first-order valence-corrected chi connectivity index (χ1v) is 7.05. The summed E-state index contributed by atoms with van der Waals surface area (Å²) >= 11 is 0. The lowest BCUT2D eigenvalue weighted by Gasteiger charge is -2.36. The van der Waals surface area contributed by atoms with Crippen molar-refractivity contribution in [1.29, 1.82) is 0 Å². The standard InChI is InChI=1S/C15H23N3O/c1-3-8-16-15(19)18-11-9-17(10-12-18)14-7-5-4-6-13(14)2/h4-7H,3,8-12H2,1-2H3,(H,16,19). The number of nitrogens with zero attached hydrogens (tertiary/aromatic N) is 2. The topological polar surface area (TPSA) is 35.6 Å². The summed E-state index contributed by atoms with van der Waals surface area (Å²) in [5.74, 6) is 0. The van der Waals surface area contributed by atoms with Crippen molar-refractivity contribution in [1.82, 2.24) is 10.2 Å². The van der Waals surface area contributed by atoms with Crippen molar-refractivity contribution in [2.24, 2.45) is 0 Å². The van der Waals surface area contributed by atoms with Gasteiger partial charge in [-0.25, -0.2) is 4.79 Å². The number of hydrogen-bond acceptors (Lipinski definition) is 2. The monoisotopic (exact) mass is 261 g/mol. The van der Waals surface area contributed by atoms with Crippen LogP contribution < -0.4 is 10.2 Å². The molecule has 1 aromatic rings. The van der Waals surface area contributed by atoms with E-state index in [0.29, 0.717) is 0 Å². The van der Waals surface area contributed by atoms with E-state index in [1.54, 1.807) is 0 Å². The molecule has 0 radical (unpaired) electrons. The van der Waals surface area contributed by atoms with E-state index in [1.165, 1.54) is 11.3 Å². The van der Waals surface area contributed by atoms with Crippen LogP contribution in [0.4, 0.5) is 10.5 Å². The second kappa shape index (κ2) is 6.45. The predicted octanol–water partition coefficient (Wildman–Crippen LogP) is 2.24. The van der Waals surface area contributed by atoms with Gasteiger partial charge >= 0.3 is 6.03 Å². The molecule has 2 amide bonds. The number of para-hydroxylation sites is 1. The quantitative estimate of drug-likeness (QED) is 0.905. The van der Waals surface area contributed by atoms with E-state index in [-0.39, 0.29) is 6.03 Å². The number of benzene rings is 1. The van der Waals surface area contributed by atoms with Crippen molar-refractivity contribution in [2.75, 3.05) is 37.6 Å². The summed E-state index contributed by atoms with van der Waals surface area (Å²) < 4.78 is 0. The molecule has 1 heterocycles. The number of hydrogen-bond donors (Lipinski definition) is 1. The molecule has 1 aliphatic heterocycles. The molecular formula is C15H23N3O. The van der Waals surface area contributed by atoms with E-state index in [4.69, 9.17) is 0 Å². The third kappa shape index (κ3) is 3.40. The third-order valence-electron chi connectivity index (χ3n) is 3.55. The van der Waals surface area contributed by atoms with E-state index in [0.717, 1.165) is 39.1 Å². The minimum absolute atomic E-state index is 0.0753. The zero-order valence-electron chi connectivity index (χ0n) is 11.9. The molecule has 4 nitrogen and oxygen atoms in total. The van der Waals surface area contributed by atoms with Crippen LogP contribution in [-0.4, -0.2) is 43.7 Å². The Hall–Kier alpha value is -1.71. The molecule has 0 aliphatic carbocycles. The van der Waals surface area contributed by atoms with Gasteiger partial charge in [0.2, 0.25) is 0 Å². The van der Waals surface area contributed by atoms with Crippen LogP contribution in [0.1, 0.15) is 18.9 Å². The number of nitrogens with one attached hydrogen (secondary N) is 1. The number of carbonyl (C=O) groups is 1. The Morgan fingerprint density at radius 1 is 1.21 bits per heavy atom. The maximum absolute atomic E-state index is 11.9. The van der Waals surface area contributed by atoms with Crippen LogP contribution in [-0.2, 0) is 0 Å². The number of aryl methyl sites for hydroxylation is 1. The van der Waals surface area contributed by atoms with Crippen LogP contribution in [0.15, 0.2) is 24.3 Å². The smallest absolute Gasteiger partial charge is 0.317 e. The van der Waals surface area contributed by atoms with E-state index < -0.39 is 0 Å². The molecule has 1 fully saturated rings. The van der Waals surface area contributed by atoms with Crippen LogP contribution in [0.3, 0.4) is 0 Å². The minimum atomic E-state index is 0.0753. The molecule has 19 heavy (non-hydrogen) atoms. The fourth-order valence-electron chi connectivity index (χ4n) is 2.41. The zero-order valence-corrected chi connectivity index (χ0v) is 11.9. The van der Waals surface area contributed by atoms with E-state index >= 15 is 0 Å². The first-order chi connectivity index (χ1) is 9.22. The molecule has 1 aliphatic rings. The summed E-state index contributed by atoms with van der Waals surface area (Å²) in [6, 6.07) is 8.50. The van der Waals surface area contributed by atoms with Gasteiger partial charge in [-0.15, -0.1) is 0 Å². The number of rotatable bonds is 3. The van der Waals surface area contributed by atoms with Gasteiger partial charge in [-0.1, -0.05) is 25.1 Å². The Labute approximate surface area is 115 Å². The highest BCUT2D eigenvalue weighted by atomic mass is 16.2. The van der Waals surface area contributed by atoms with Gasteiger partial charge in [0.1, 0.15) is 0 Å². The van der Waals surface area contributed by atoms with Crippen molar-refractivity contribution in [3.63, 3.8) is 0 Å². The normalized spacial score (nSPS) is 15.5. The maximum atomic E-state index is 11.9. The van der Waals surface area contributed by atoms with E-state index in [1.807, 2.05) is 4.90 Å². The second-order valence-electron chi connectivity index (χ2n) is 4.99.